The molecule has 206 valence electrons. The van der Waals surface area contributed by atoms with Crippen LogP contribution in [0.4, 0.5) is 4.79 Å². The lowest BCUT2D eigenvalue weighted by Gasteiger charge is -2.37. The van der Waals surface area contributed by atoms with E-state index in [-0.39, 0.29) is 35.5 Å². The number of hydrogen-bond donors (Lipinski definition) is 3. The Morgan fingerprint density at radius 1 is 1.11 bits per heavy atom. The summed E-state index contributed by atoms with van der Waals surface area (Å²) in [6.45, 7) is 13.3. The molecule has 0 radical (unpaired) electrons. The second-order valence-electron chi connectivity index (χ2n) is 12.2. The molecule has 10 nitrogen and oxygen atoms in total. The van der Waals surface area contributed by atoms with E-state index in [0.717, 1.165) is 32.1 Å². The van der Waals surface area contributed by atoms with Gasteiger partial charge in [-0.1, -0.05) is 39.2 Å². The first kappa shape index (κ1) is 28.7. The molecule has 4 N–H and O–H groups in total. The van der Waals surface area contributed by atoms with Crippen molar-refractivity contribution in [1.82, 2.24) is 15.5 Å². The average Bonchev–Trinajstić information content (AvgIpc) is 3.14. The molecule has 37 heavy (non-hydrogen) atoms. The number of Topliss-reactive ketones (excluding diaryl/α,β-unsaturated/α-hetero) is 1. The summed E-state index contributed by atoms with van der Waals surface area (Å²) in [5.41, 5.74) is 4.30. The smallest absolute Gasteiger partial charge is 0.408 e. The lowest BCUT2D eigenvalue weighted by Crippen LogP contribution is -2.59. The quantitative estimate of drug-likeness (QED) is 0.314. The van der Waals surface area contributed by atoms with Gasteiger partial charge in [0.05, 0.1) is 0 Å². The number of amides is 4. The number of piperidine rings is 1. The van der Waals surface area contributed by atoms with Gasteiger partial charge in [0.1, 0.15) is 23.7 Å². The summed E-state index contributed by atoms with van der Waals surface area (Å²) in [6, 6.07) is -2.79. The maximum atomic E-state index is 14.0. The van der Waals surface area contributed by atoms with Gasteiger partial charge in [0, 0.05) is 6.54 Å². The highest BCUT2D eigenvalue weighted by molar-refractivity contribution is 6.37. The highest BCUT2D eigenvalue weighted by atomic mass is 16.6. The van der Waals surface area contributed by atoms with Crippen molar-refractivity contribution in [1.29, 1.82) is 0 Å². The summed E-state index contributed by atoms with van der Waals surface area (Å²) in [5.74, 6) is -2.93. The highest BCUT2D eigenvalue weighted by Crippen LogP contribution is 2.65. The SMILES string of the molecule is C=CCC(NC(=O)C1C2C(CN1C(=O)C(NC(=O)OC(C)(C)C)C1CCCCC1)C2(C)C)C(=O)C(N)=O. The zero-order chi connectivity index (χ0) is 27.7. The molecule has 1 aliphatic heterocycles. The van der Waals surface area contributed by atoms with Crippen molar-refractivity contribution < 1.29 is 28.7 Å². The van der Waals surface area contributed by atoms with Crippen molar-refractivity contribution >= 4 is 29.6 Å². The second-order valence-corrected chi connectivity index (χ2v) is 12.2. The largest absolute Gasteiger partial charge is 0.444 e. The van der Waals surface area contributed by atoms with Crippen molar-refractivity contribution in [3.05, 3.63) is 12.7 Å². The van der Waals surface area contributed by atoms with Crippen molar-refractivity contribution in [2.24, 2.45) is 28.9 Å². The van der Waals surface area contributed by atoms with Gasteiger partial charge in [0.2, 0.25) is 17.6 Å². The monoisotopic (exact) mass is 518 g/mol. The van der Waals surface area contributed by atoms with E-state index in [1.165, 1.54) is 6.08 Å². The fourth-order valence-electron chi connectivity index (χ4n) is 6.10. The molecule has 1 saturated heterocycles. The Labute approximate surface area is 219 Å². The van der Waals surface area contributed by atoms with Crippen molar-refractivity contribution in [2.45, 2.75) is 96.9 Å². The molecule has 10 heteroatoms. The van der Waals surface area contributed by atoms with Crippen LogP contribution in [0.15, 0.2) is 12.7 Å². The number of fused-ring (bicyclic) bond motifs is 1. The fourth-order valence-corrected chi connectivity index (χ4v) is 6.10. The third kappa shape index (κ3) is 6.33. The van der Waals surface area contributed by atoms with Crippen LogP contribution in [-0.2, 0) is 23.9 Å². The standard InChI is InChI=1S/C27H42N4O6/c1-7-11-17(21(32)22(28)33)29-23(34)20-18-16(27(18,5)6)14-31(20)24(35)19(15-12-9-8-10-13-15)30-25(36)37-26(2,3)4/h7,15-20H,1,8-14H2,2-6H3,(H2,28,33)(H,29,34)(H,30,36). The fraction of sp³-hybridized carbons (Fsp3) is 0.741. The number of rotatable bonds is 9. The van der Waals surface area contributed by atoms with E-state index < -0.39 is 47.4 Å². The molecule has 2 aliphatic carbocycles. The molecule has 2 saturated carbocycles. The third-order valence-electron chi connectivity index (χ3n) is 8.10. The number of nitrogens with zero attached hydrogens (tertiary/aromatic N) is 1. The van der Waals surface area contributed by atoms with Gasteiger partial charge < -0.3 is 26.0 Å². The number of ketones is 1. The molecule has 0 bridgehead atoms. The first-order valence-corrected chi connectivity index (χ1v) is 13.2. The van der Waals surface area contributed by atoms with Crippen molar-refractivity contribution in [3.8, 4) is 0 Å². The minimum Gasteiger partial charge on any atom is -0.444 e. The molecule has 3 fully saturated rings. The molecule has 0 aromatic carbocycles. The Morgan fingerprint density at radius 3 is 2.27 bits per heavy atom. The van der Waals surface area contributed by atoms with E-state index in [1.807, 2.05) is 0 Å². The summed E-state index contributed by atoms with van der Waals surface area (Å²) in [6.07, 6.45) is 5.40. The van der Waals surface area contributed by atoms with Gasteiger partial charge in [0.25, 0.3) is 5.91 Å². The summed E-state index contributed by atoms with van der Waals surface area (Å²) < 4.78 is 5.45. The van der Waals surface area contributed by atoms with E-state index in [0.29, 0.717) is 6.54 Å². The second kappa shape index (κ2) is 10.8. The zero-order valence-corrected chi connectivity index (χ0v) is 22.7. The molecule has 5 atom stereocenters. The lowest BCUT2D eigenvalue weighted by molar-refractivity contribution is -0.144. The lowest BCUT2D eigenvalue weighted by atomic mass is 9.83. The molecule has 4 amide bonds. The molecule has 3 rings (SSSR count). The van der Waals surface area contributed by atoms with Gasteiger partial charge in [-0.05, 0) is 63.2 Å². The first-order valence-electron chi connectivity index (χ1n) is 13.2. The number of alkyl carbamates (subject to hydrolysis) is 1. The Hall–Kier alpha value is -2.91. The predicted molar refractivity (Wildman–Crippen MR) is 137 cm³/mol. The number of nitrogens with one attached hydrogen (secondary N) is 2. The number of likely N-dealkylation sites (tertiary alicyclic amines) is 1. The van der Waals surface area contributed by atoms with E-state index in [2.05, 4.69) is 31.1 Å². The van der Waals surface area contributed by atoms with E-state index >= 15 is 0 Å². The Kier molecular flexibility index (Phi) is 8.39. The zero-order valence-electron chi connectivity index (χ0n) is 22.7. The third-order valence-corrected chi connectivity index (χ3v) is 8.10. The van der Waals surface area contributed by atoms with E-state index in [1.54, 1.807) is 25.7 Å². The summed E-state index contributed by atoms with van der Waals surface area (Å²) in [7, 11) is 0. The Morgan fingerprint density at radius 2 is 1.73 bits per heavy atom. The maximum absolute atomic E-state index is 14.0. The van der Waals surface area contributed by atoms with Gasteiger partial charge in [-0.2, -0.15) is 0 Å². The number of nitrogens with two attached hydrogens (primary N) is 1. The van der Waals surface area contributed by atoms with Crippen molar-refractivity contribution in [3.63, 3.8) is 0 Å². The van der Waals surface area contributed by atoms with E-state index in [9.17, 15) is 24.0 Å². The minimum atomic E-state index is -1.14. The van der Waals surface area contributed by atoms with Crippen LogP contribution in [0.3, 0.4) is 0 Å². The summed E-state index contributed by atoms with van der Waals surface area (Å²) in [4.78, 5) is 65.6. The molecule has 3 aliphatic rings. The first-order chi connectivity index (χ1) is 17.2. The Balaban J connectivity index is 1.86. The highest BCUT2D eigenvalue weighted by Gasteiger charge is 2.69. The topological polar surface area (TPSA) is 148 Å². The van der Waals surface area contributed by atoms with Crippen LogP contribution in [0, 0.1) is 23.2 Å². The average molecular weight is 519 g/mol. The maximum Gasteiger partial charge on any atom is 0.408 e. The van der Waals surface area contributed by atoms with Gasteiger partial charge in [-0.25, -0.2) is 4.79 Å². The van der Waals surface area contributed by atoms with Crippen LogP contribution in [0.2, 0.25) is 0 Å². The van der Waals surface area contributed by atoms with Crippen LogP contribution in [0.5, 0.6) is 0 Å². The Bertz CT molecular complexity index is 949. The van der Waals surface area contributed by atoms with Gasteiger partial charge in [-0.3, -0.25) is 19.2 Å². The van der Waals surface area contributed by atoms with Gasteiger partial charge in [0.15, 0.2) is 0 Å². The van der Waals surface area contributed by atoms with Crippen LogP contribution >= 0.6 is 0 Å². The van der Waals surface area contributed by atoms with Crippen molar-refractivity contribution in [2.75, 3.05) is 6.54 Å². The number of primary amides is 1. The minimum absolute atomic E-state index is 0.0383. The molecule has 5 unspecified atom stereocenters. The number of carbonyl (C=O) groups is 5. The van der Waals surface area contributed by atoms with Crippen LogP contribution in [-0.4, -0.2) is 64.8 Å². The molecular weight excluding hydrogens is 476 g/mol. The molecule has 0 aromatic heterocycles. The molecule has 1 heterocycles. The number of ether oxygens (including phenoxy) is 1. The van der Waals surface area contributed by atoms with E-state index in [4.69, 9.17) is 10.5 Å². The van der Waals surface area contributed by atoms with Gasteiger partial charge in [-0.15, -0.1) is 6.58 Å². The summed E-state index contributed by atoms with van der Waals surface area (Å²) >= 11 is 0. The summed E-state index contributed by atoms with van der Waals surface area (Å²) in [5, 5.41) is 5.46. The van der Waals surface area contributed by atoms with Crippen LogP contribution in [0.25, 0.3) is 0 Å². The predicted octanol–water partition coefficient (Wildman–Crippen LogP) is 2.06. The van der Waals surface area contributed by atoms with Gasteiger partial charge >= 0.3 is 6.09 Å². The molecule has 0 aromatic rings. The molecular formula is C27H42N4O6. The van der Waals surface area contributed by atoms with Crippen LogP contribution in [0.1, 0.15) is 73.1 Å². The molecule has 0 spiro atoms. The van der Waals surface area contributed by atoms with Crippen LogP contribution < -0.4 is 16.4 Å². The number of hydrogen-bond acceptors (Lipinski definition) is 6. The number of carbonyl (C=O) groups excluding carboxylic acids is 5. The normalized spacial score (nSPS) is 26.3.